The number of hydrogen-bond acceptors (Lipinski definition) is 16. The van der Waals surface area contributed by atoms with E-state index >= 15 is 0 Å². The topological polar surface area (TPSA) is 302 Å². The average Bonchev–Trinajstić information content (AvgIpc) is 3.01. The summed E-state index contributed by atoms with van der Waals surface area (Å²) in [6.07, 6.45) is 9.60. The van der Waals surface area contributed by atoms with Gasteiger partial charge in [-0.05, 0) is 63.5 Å². The second-order valence-electron chi connectivity index (χ2n) is 11.3. The predicted molar refractivity (Wildman–Crippen MR) is 157 cm³/mol. The third-order valence-corrected chi connectivity index (χ3v) is 7.90. The van der Waals surface area contributed by atoms with Crippen molar-refractivity contribution in [1.82, 2.24) is 0 Å². The first-order valence-electron chi connectivity index (χ1n) is 16.0. The Balaban J connectivity index is -0.000000815. The maximum absolute atomic E-state index is 10.5. The summed E-state index contributed by atoms with van der Waals surface area (Å²) in [6.45, 7) is 2.48. The molecule has 0 aromatic carbocycles. The molecule has 0 aromatic rings. The number of carboxylic acids is 4. The van der Waals surface area contributed by atoms with E-state index in [4.69, 9.17) is 41.9 Å². The molecular weight excluding hydrogens is 999 g/mol. The van der Waals surface area contributed by atoms with Gasteiger partial charge in [-0.2, -0.15) is 0 Å². The van der Waals surface area contributed by atoms with Crippen LogP contribution in [-0.2, 0) is 80.3 Å². The second kappa shape index (κ2) is 33.1. The molecule has 0 bridgehead atoms. The van der Waals surface area contributed by atoms with Gasteiger partial charge in [0.25, 0.3) is 0 Å². The van der Waals surface area contributed by atoms with Crippen LogP contribution in [0.1, 0.15) is 64.2 Å². The van der Waals surface area contributed by atoms with Crippen LogP contribution in [0, 0.1) is 23.7 Å². The Hall–Kier alpha value is -1.06. The van der Waals surface area contributed by atoms with Gasteiger partial charge >= 0.3 is 42.1 Å². The molecular formula is C30H54N4O12Pt2. The molecule has 2 rings (SSSR count). The van der Waals surface area contributed by atoms with Crippen LogP contribution in [-0.4, -0.2) is 102 Å². The summed E-state index contributed by atoms with van der Waals surface area (Å²) in [5.41, 5.74) is 22.6. The zero-order valence-electron chi connectivity index (χ0n) is 27.4. The standard InChI is InChI=1S/C16H26O12.2C7H16N2.2Pt/c17-13(18)11(14(19)20)1-3-25-5-7-27-9-10-28-8-6-26-4-2-12(15(21)22)16(23)24;2*8-5-6-3-1-2-4-7(6)9;;/h11-12H,1-10H2,(H,17,18)(H,19,20)(H,21,22)(H,23,24);2*6-7H,1-5,8-9H2;;/q;;;2*+2/p-4/t;2*6-,7-;;/m.11../s1. The number of ether oxygens (including phenoxy) is 4. The summed E-state index contributed by atoms with van der Waals surface area (Å²) in [6, 6.07) is 0.785. The van der Waals surface area contributed by atoms with E-state index in [-0.39, 0.29) is 108 Å². The van der Waals surface area contributed by atoms with Crippen molar-refractivity contribution < 1.29 is 101 Å². The minimum Gasteiger partial charge on any atom is -0.549 e. The fourth-order valence-electron chi connectivity index (χ4n) is 4.89. The first kappa shape index (κ1) is 51.3. The van der Waals surface area contributed by atoms with Crippen LogP contribution in [0.2, 0.25) is 0 Å². The van der Waals surface area contributed by atoms with Gasteiger partial charge in [-0.15, -0.1) is 0 Å². The number of carbonyl (C=O) groups excluding carboxylic acids is 4. The zero-order chi connectivity index (χ0) is 34.7. The van der Waals surface area contributed by atoms with Gasteiger partial charge in [-0.3, -0.25) is 0 Å². The molecule has 0 heterocycles. The van der Waals surface area contributed by atoms with E-state index in [0.29, 0.717) is 23.9 Å². The Bertz CT molecular complexity index is 756. The normalized spacial score (nSPS) is 20.2. The Morgan fingerprint density at radius 1 is 0.500 bits per heavy atom. The van der Waals surface area contributed by atoms with E-state index in [1.807, 2.05) is 0 Å². The molecule has 18 heteroatoms. The predicted octanol–water partition coefficient (Wildman–Crippen LogP) is -5.01. The minimum absolute atomic E-state index is 0. The van der Waals surface area contributed by atoms with Crippen molar-refractivity contribution in [2.75, 3.05) is 65.9 Å². The van der Waals surface area contributed by atoms with E-state index in [0.717, 1.165) is 13.1 Å². The summed E-state index contributed by atoms with van der Waals surface area (Å²) in [7, 11) is 0. The molecule has 0 amide bonds. The molecule has 8 N–H and O–H groups in total. The molecule has 286 valence electrons. The van der Waals surface area contributed by atoms with Crippen molar-refractivity contribution in [2.24, 2.45) is 46.6 Å². The molecule has 0 aliphatic heterocycles. The van der Waals surface area contributed by atoms with E-state index in [2.05, 4.69) is 0 Å². The fraction of sp³-hybridized carbons (Fsp3) is 0.867. The van der Waals surface area contributed by atoms with Crippen LogP contribution >= 0.6 is 0 Å². The van der Waals surface area contributed by atoms with Crippen molar-refractivity contribution in [2.45, 2.75) is 76.3 Å². The smallest absolute Gasteiger partial charge is 0.549 e. The van der Waals surface area contributed by atoms with Gasteiger partial charge in [0.15, 0.2) is 0 Å². The summed E-state index contributed by atoms with van der Waals surface area (Å²) >= 11 is 0. The van der Waals surface area contributed by atoms with E-state index in [9.17, 15) is 39.6 Å². The van der Waals surface area contributed by atoms with Crippen molar-refractivity contribution in [1.29, 1.82) is 0 Å². The number of nitrogens with two attached hydrogens (primary N) is 4. The molecule has 0 spiro atoms. The molecule has 2 saturated carbocycles. The number of carboxylic acid groups (broad SMARTS) is 4. The summed E-state index contributed by atoms with van der Waals surface area (Å²) in [4.78, 5) is 41.9. The van der Waals surface area contributed by atoms with E-state index < -0.39 is 35.7 Å². The Kier molecular flexibility index (Phi) is 35.4. The molecule has 4 atom stereocenters. The molecule has 16 nitrogen and oxygen atoms in total. The summed E-state index contributed by atoms with van der Waals surface area (Å²) in [5.74, 6) is -9.11. The van der Waals surface area contributed by atoms with Gasteiger partial charge in [-0.25, -0.2) is 0 Å². The maximum atomic E-state index is 10.5. The van der Waals surface area contributed by atoms with E-state index in [1.165, 1.54) is 51.4 Å². The van der Waals surface area contributed by atoms with Crippen LogP contribution in [0.3, 0.4) is 0 Å². The van der Waals surface area contributed by atoms with Gasteiger partial charge in [0, 0.05) is 37.1 Å². The van der Waals surface area contributed by atoms with Crippen molar-refractivity contribution in [3.05, 3.63) is 0 Å². The first-order chi connectivity index (χ1) is 22.0. The van der Waals surface area contributed by atoms with Gasteiger partial charge in [0.05, 0.1) is 63.5 Å². The van der Waals surface area contributed by atoms with Crippen LogP contribution < -0.4 is 43.4 Å². The maximum Gasteiger partial charge on any atom is 2.00 e. The minimum atomic E-state index is -1.72. The quantitative estimate of drug-likeness (QED) is 0.0618. The average molecular weight is 1050 g/mol. The first-order valence-corrected chi connectivity index (χ1v) is 16.0. The second-order valence-corrected chi connectivity index (χ2v) is 11.3. The zero-order valence-corrected chi connectivity index (χ0v) is 32.0. The van der Waals surface area contributed by atoms with Crippen molar-refractivity contribution in [3.63, 3.8) is 0 Å². The Labute approximate surface area is 312 Å². The molecule has 48 heavy (non-hydrogen) atoms. The van der Waals surface area contributed by atoms with Crippen LogP contribution in [0.5, 0.6) is 0 Å². The summed E-state index contributed by atoms with van der Waals surface area (Å²) in [5, 5.41) is 41.9. The Morgan fingerprint density at radius 3 is 0.958 bits per heavy atom. The molecule has 0 radical (unpaired) electrons. The van der Waals surface area contributed by atoms with Gasteiger partial charge in [0.1, 0.15) is 0 Å². The molecule has 2 aliphatic carbocycles. The van der Waals surface area contributed by atoms with Crippen molar-refractivity contribution >= 4 is 23.9 Å². The van der Waals surface area contributed by atoms with Gasteiger partial charge in [-0.1, -0.05) is 25.7 Å². The van der Waals surface area contributed by atoms with Crippen LogP contribution in [0.4, 0.5) is 0 Å². The van der Waals surface area contributed by atoms with Gasteiger partial charge < -0.3 is 81.5 Å². The number of aliphatic carboxylic acids is 4. The molecule has 0 aromatic heterocycles. The SMILES string of the molecule is NC[C@H]1CCCC[C@H]1N.NC[C@H]1CCCC[C@H]1N.O=C([O-])C(CCOCCOCCOCCOCCC(C(=O)[O-])C(=O)[O-])C(=O)[O-].[Pt+2].[Pt+2]. The number of hydrogen-bond donors (Lipinski definition) is 4. The molecule has 0 saturated heterocycles. The van der Waals surface area contributed by atoms with Gasteiger partial charge in [0.2, 0.25) is 0 Å². The third kappa shape index (κ3) is 25.8. The monoisotopic (exact) mass is 1050 g/mol. The summed E-state index contributed by atoms with van der Waals surface area (Å²) < 4.78 is 20.4. The third-order valence-electron chi connectivity index (χ3n) is 7.90. The fourth-order valence-corrected chi connectivity index (χ4v) is 4.89. The molecule has 2 aliphatic rings. The van der Waals surface area contributed by atoms with Crippen LogP contribution in [0.25, 0.3) is 0 Å². The van der Waals surface area contributed by atoms with E-state index in [1.54, 1.807) is 0 Å². The largest absolute Gasteiger partial charge is 2.00 e. The Morgan fingerprint density at radius 2 is 0.750 bits per heavy atom. The van der Waals surface area contributed by atoms with Crippen LogP contribution in [0.15, 0.2) is 0 Å². The number of carbonyl (C=O) groups is 4. The number of rotatable bonds is 21. The molecule has 2 fully saturated rings. The van der Waals surface area contributed by atoms with Crippen molar-refractivity contribution in [3.8, 4) is 0 Å². The molecule has 0 unspecified atom stereocenters.